The van der Waals surface area contributed by atoms with Gasteiger partial charge in [0.2, 0.25) is 0 Å². The summed E-state index contributed by atoms with van der Waals surface area (Å²) >= 11 is 0. The Morgan fingerprint density at radius 1 is 0.367 bits per heavy atom. The van der Waals surface area contributed by atoms with E-state index in [9.17, 15) is 16.6 Å². The van der Waals surface area contributed by atoms with E-state index in [-0.39, 0.29) is 19.6 Å². The number of rotatable bonds is 27. The van der Waals surface area contributed by atoms with Crippen molar-refractivity contribution in [1.29, 1.82) is 0 Å². The van der Waals surface area contributed by atoms with E-state index < -0.39 is 0 Å². The Labute approximate surface area is 356 Å². The van der Waals surface area contributed by atoms with Gasteiger partial charge in [-0.15, -0.1) is 0 Å². The normalized spacial score (nSPS) is 10.7. The molecule has 0 saturated carbocycles. The van der Waals surface area contributed by atoms with Gasteiger partial charge >= 0.3 is 0 Å². The highest BCUT2D eigenvalue weighted by molar-refractivity contribution is 5.83. The number of nitrogens with zero attached hydrogens (tertiary/aromatic N) is 9. The number of ether oxygens (including phenoxy) is 3. The van der Waals surface area contributed by atoms with Gasteiger partial charge in [0.1, 0.15) is 17.2 Å². The van der Waals surface area contributed by atoms with Gasteiger partial charge in [-0.05, 0) is 160 Å². The molecule has 0 aromatic heterocycles. The van der Waals surface area contributed by atoms with E-state index >= 15 is 0 Å². The van der Waals surface area contributed by atoms with Gasteiger partial charge in [-0.2, -0.15) is 0 Å². The number of unbranched alkanes of at least 4 members (excludes halogenated alkanes) is 3. The van der Waals surface area contributed by atoms with Gasteiger partial charge in [-0.1, -0.05) is 95.4 Å². The zero-order chi connectivity index (χ0) is 43.1. The zero-order valence-corrected chi connectivity index (χ0v) is 36.7. The van der Waals surface area contributed by atoms with E-state index in [0.29, 0.717) is 19.8 Å². The molecule has 4 rings (SSSR count). The summed E-state index contributed by atoms with van der Waals surface area (Å²) in [6.45, 7) is 15.1. The Bertz CT molecular complexity index is 1910. The Balaban J connectivity index is 2.11. The highest BCUT2D eigenvalue weighted by Gasteiger charge is 2.19. The molecule has 0 saturated heterocycles. The molecular formula is C48H63N9O3. The fourth-order valence-electron chi connectivity index (χ4n) is 7.44. The Kier molecular flexibility index (Phi) is 20.0. The first kappa shape index (κ1) is 46.9. The van der Waals surface area contributed by atoms with E-state index in [1.807, 2.05) is 0 Å². The van der Waals surface area contributed by atoms with Crippen LogP contribution in [0.1, 0.15) is 133 Å². The predicted octanol–water partition coefficient (Wildman–Crippen LogP) is 15.5. The minimum atomic E-state index is 0.167. The molecule has 12 nitrogen and oxygen atoms in total. The summed E-state index contributed by atoms with van der Waals surface area (Å²) in [7, 11) is 0. The van der Waals surface area contributed by atoms with Crippen LogP contribution in [-0.2, 0) is 38.9 Å². The molecular weight excluding hydrogens is 751 g/mol. The summed E-state index contributed by atoms with van der Waals surface area (Å²) in [5.74, 6) is 2.40. The van der Waals surface area contributed by atoms with Gasteiger partial charge in [-0.3, -0.25) is 0 Å². The molecule has 0 spiro atoms. The van der Waals surface area contributed by atoms with Crippen molar-refractivity contribution in [2.75, 3.05) is 19.8 Å². The smallest absolute Gasteiger partial charge is 0.125 e. The fraction of sp³-hybridized carbons (Fsp3) is 0.500. The second-order valence-corrected chi connectivity index (χ2v) is 15.2. The maximum absolute atomic E-state index is 9.40. The summed E-state index contributed by atoms with van der Waals surface area (Å²) < 4.78 is 19.2. The lowest BCUT2D eigenvalue weighted by Crippen LogP contribution is -2.05. The minimum absolute atomic E-state index is 0.167. The van der Waals surface area contributed by atoms with Crippen LogP contribution in [0.3, 0.4) is 0 Å². The van der Waals surface area contributed by atoms with Gasteiger partial charge in [0, 0.05) is 31.4 Å². The van der Waals surface area contributed by atoms with E-state index in [0.717, 1.165) is 161 Å². The lowest BCUT2D eigenvalue weighted by Gasteiger charge is -2.21. The molecule has 0 bridgehead atoms. The highest BCUT2D eigenvalue weighted by Crippen LogP contribution is 2.41. The fourth-order valence-corrected chi connectivity index (χ4v) is 7.44. The maximum atomic E-state index is 9.40. The van der Waals surface area contributed by atoms with E-state index in [1.54, 1.807) is 0 Å². The number of benzene rings is 4. The minimum Gasteiger partial charge on any atom is -0.493 e. The first-order chi connectivity index (χ1) is 29.4. The van der Waals surface area contributed by atoms with Gasteiger partial charge in [0.25, 0.3) is 0 Å². The molecule has 0 heterocycles. The van der Waals surface area contributed by atoms with Crippen LogP contribution in [0.4, 0.5) is 0 Å². The molecule has 0 unspecified atom stereocenters. The zero-order valence-electron chi connectivity index (χ0n) is 36.7. The molecule has 0 radical (unpaired) electrons. The molecule has 60 heavy (non-hydrogen) atoms. The molecule has 0 N–H and O–H groups in total. The predicted molar refractivity (Wildman–Crippen MR) is 244 cm³/mol. The molecule has 0 amide bonds. The van der Waals surface area contributed by atoms with Crippen molar-refractivity contribution in [3.05, 3.63) is 119 Å². The second-order valence-electron chi connectivity index (χ2n) is 15.2. The summed E-state index contributed by atoms with van der Waals surface area (Å²) in [5, 5.41) is 12.0. The SMILES string of the molecule is CCCCOc1c(CCC)cc(-c2cc(-c3cc(CCC)c(OCCCC)c(CN=[N+]=[N-])c3)cc(-c3cc(CCC)c(OCCCC)c(CN=[N+]=[N-])c3)c2)cc1CN=[N+]=[N-]. The summed E-state index contributed by atoms with van der Waals surface area (Å²) in [5.41, 5.74) is 39.9. The van der Waals surface area contributed by atoms with Gasteiger partial charge in [0.15, 0.2) is 0 Å². The Hall–Kier alpha value is -5.79. The van der Waals surface area contributed by atoms with Crippen LogP contribution >= 0.6 is 0 Å². The largest absolute Gasteiger partial charge is 0.493 e. The van der Waals surface area contributed by atoms with E-state index in [1.165, 1.54) is 0 Å². The molecule has 12 heteroatoms. The van der Waals surface area contributed by atoms with Crippen LogP contribution < -0.4 is 14.2 Å². The van der Waals surface area contributed by atoms with Crippen molar-refractivity contribution in [1.82, 2.24) is 0 Å². The van der Waals surface area contributed by atoms with Gasteiger partial charge in [-0.25, -0.2) is 0 Å². The molecule has 0 aliphatic carbocycles. The third-order valence-corrected chi connectivity index (χ3v) is 10.4. The van der Waals surface area contributed by atoms with Crippen LogP contribution in [0, 0.1) is 0 Å². The molecule has 4 aromatic carbocycles. The average molecular weight is 814 g/mol. The summed E-state index contributed by atoms with van der Waals surface area (Å²) in [6.07, 6.45) is 11.0. The number of hydrogen-bond acceptors (Lipinski definition) is 6. The first-order valence-electron chi connectivity index (χ1n) is 21.9. The van der Waals surface area contributed by atoms with Crippen LogP contribution in [0.25, 0.3) is 64.7 Å². The lowest BCUT2D eigenvalue weighted by atomic mass is 9.88. The van der Waals surface area contributed by atoms with Crippen molar-refractivity contribution >= 4 is 0 Å². The maximum Gasteiger partial charge on any atom is 0.125 e. The number of aryl methyl sites for hydroxylation is 3. The second kappa shape index (κ2) is 25.6. The molecule has 4 aromatic rings. The summed E-state index contributed by atoms with van der Waals surface area (Å²) in [6, 6.07) is 19.6. The van der Waals surface area contributed by atoms with Crippen LogP contribution in [-0.4, -0.2) is 19.8 Å². The quantitative estimate of drug-likeness (QED) is 0.0252. The molecule has 318 valence electrons. The molecule has 0 aliphatic heterocycles. The first-order valence-corrected chi connectivity index (χ1v) is 21.9. The Morgan fingerprint density at radius 3 is 0.850 bits per heavy atom. The molecule has 0 aliphatic rings. The van der Waals surface area contributed by atoms with E-state index in [2.05, 4.69) is 126 Å². The average Bonchev–Trinajstić information content (AvgIpc) is 3.26. The topological polar surface area (TPSA) is 174 Å². The van der Waals surface area contributed by atoms with Crippen molar-refractivity contribution in [2.24, 2.45) is 15.3 Å². The Morgan fingerprint density at radius 2 is 0.617 bits per heavy atom. The number of hydrogen-bond donors (Lipinski definition) is 0. The van der Waals surface area contributed by atoms with Crippen LogP contribution in [0.15, 0.2) is 69.9 Å². The van der Waals surface area contributed by atoms with E-state index in [4.69, 9.17) is 14.2 Å². The van der Waals surface area contributed by atoms with Gasteiger partial charge in [0.05, 0.1) is 39.5 Å². The van der Waals surface area contributed by atoms with Crippen LogP contribution in [0.5, 0.6) is 17.2 Å². The standard InChI is InChI=1S/C48H63N9O3/c1-7-13-19-58-46-34(16-10-4)22-37(28-43(46)31-52-55-49)40-25-41(38-23-35(17-11-5)47(59-20-14-8-2)44(29-38)32-53-56-50)27-42(26-40)39-24-36(18-12-6)48(60-21-15-9-3)45(30-39)33-54-57-51/h22-30H,7-21,31-33H2,1-6H3. The van der Waals surface area contributed by atoms with Crippen molar-refractivity contribution in [3.63, 3.8) is 0 Å². The van der Waals surface area contributed by atoms with Crippen LogP contribution in [0.2, 0.25) is 0 Å². The van der Waals surface area contributed by atoms with Crippen molar-refractivity contribution in [2.45, 2.75) is 138 Å². The van der Waals surface area contributed by atoms with Crippen molar-refractivity contribution < 1.29 is 14.2 Å². The third-order valence-electron chi connectivity index (χ3n) is 10.4. The monoisotopic (exact) mass is 814 g/mol. The van der Waals surface area contributed by atoms with Crippen molar-refractivity contribution in [3.8, 4) is 50.6 Å². The third kappa shape index (κ3) is 13.1. The molecule has 0 atom stereocenters. The lowest BCUT2D eigenvalue weighted by molar-refractivity contribution is 0.303. The number of azide groups is 3. The van der Waals surface area contributed by atoms with Gasteiger partial charge < -0.3 is 14.2 Å². The highest BCUT2D eigenvalue weighted by atomic mass is 16.5. The molecule has 0 fully saturated rings. The summed E-state index contributed by atoms with van der Waals surface area (Å²) in [4.78, 5) is 9.33.